The summed E-state index contributed by atoms with van der Waals surface area (Å²) in [6.45, 7) is 3.76. The van der Waals surface area contributed by atoms with Crippen molar-refractivity contribution >= 4 is 48.7 Å². The largest absolute Gasteiger partial charge is 0.369 e. The Morgan fingerprint density at radius 1 is 1.26 bits per heavy atom. The Balaban J connectivity index is 0. The van der Waals surface area contributed by atoms with Crippen LogP contribution < -0.4 is 16.0 Å². The number of aromatic nitrogens is 1. The number of pyridine rings is 1. The molecule has 0 amide bonds. The van der Waals surface area contributed by atoms with E-state index in [1.807, 2.05) is 0 Å². The number of nitro groups is 1. The highest BCUT2D eigenvalue weighted by Crippen LogP contribution is 2.11. The van der Waals surface area contributed by atoms with Crippen LogP contribution in [0.2, 0.25) is 0 Å². The van der Waals surface area contributed by atoms with Gasteiger partial charge in [-0.25, -0.2) is 4.98 Å². The lowest BCUT2D eigenvalue weighted by atomic mass is 10.1. The second-order valence-electron chi connectivity index (χ2n) is 4.92. The predicted molar refractivity (Wildman–Crippen MR) is 99.6 cm³/mol. The molecule has 0 bridgehead atoms. The lowest BCUT2D eigenvalue weighted by Crippen LogP contribution is -2.29. The SMILES string of the molecule is Cl.Cl.Cl.O=[N+]([O-])c1ccc(NCCNCCC2CCCN2)nc1. The van der Waals surface area contributed by atoms with E-state index in [0.29, 0.717) is 11.9 Å². The van der Waals surface area contributed by atoms with Crippen molar-refractivity contribution in [2.24, 2.45) is 0 Å². The lowest BCUT2D eigenvalue weighted by Gasteiger charge is -2.11. The van der Waals surface area contributed by atoms with Crippen molar-refractivity contribution in [3.05, 3.63) is 28.4 Å². The van der Waals surface area contributed by atoms with Crippen LogP contribution in [-0.2, 0) is 0 Å². The van der Waals surface area contributed by atoms with Gasteiger partial charge in [0.1, 0.15) is 12.0 Å². The minimum absolute atomic E-state index is 0. The van der Waals surface area contributed by atoms with Gasteiger partial charge in [0, 0.05) is 25.2 Å². The van der Waals surface area contributed by atoms with E-state index in [9.17, 15) is 10.1 Å². The number of halogens is 3. The molecule has 2 rings (SSSR count). The molecular weight excluding hydrogens is 365 g/mol. The Bertz CT molecular complexity index is 430. The number of nitrogens with one attached hydrogen (secondary N) is 3. The van der Waals surface area contributed by atoms with Crippen molar-refractivity contribution in [1.29, 1.82) is 0 Å². The van der Waals surface area contributed by atoms with Gasteiger partial charge in [-0.3, -0.25) is 10.1 Å². The number of anilines is 1. The molecule has 1 aromatic heterocycles. The summed E-state index contributed by atoms with van der Waals surface area (Å²) in [7, 11) is 0. The zero-order valence-corrected chi connectivity index (χ0v) is 15.1. The third kappa shape index (κ3) is 9.12. The van der Waals surface area contributed by atoms with E-state index in [1.165, 1.54) is 25.1 Å². The van der Waals surface area contributed by atoms with Crippen LogP contribution in [-0.4, -0.2) is 42.1 Å². The van der Waals surface area contributed by atoms with Gasteiger partial charge in [-0.2, -0.15) is 0 Å². The summed E-state index contributed by atoms with van der Waals surface area (Å²) >= 11 is 0. The first-order valence-corrected chi connectivity index (χ1v) is 7.04. The molecule has 0 radical (unpaired) electrons. The topological polar surface area (TPSA) is 92.1 Å². The molecule has 1 saturated heterocycles. The molecule has 3 N–H and O–H groups in total. The van der Waals surface area contributed by atoms with Crippen LogP contribution in [0, 0.1) is 10.1 Å². The van der Waals surface area contributed by atoms with Gasteiger partial charge in [0.05, 0.1) is 4.92 Å². The summed E-state index contributed by atoms with van der Waals surface area (Å²) in [6.07, 6.45) is 5.00. The van der Waals surface area contributed by atoms with Gasteiger partial charge in [0.25, 0.3) is 5.69 Å². The summed E-state index contributed by atoms with van der Waals surface area (Å²) in [4.78, 5) is 14.0. The molecule has 1 fully saturated rings. The smallest absolute Gasteiger partial charge is 0.287 e. The van der Waals surface area contributed by atoms with Crippen molar-refractivity contribution in [3.8, 4) is 0 Å². The fourth-order valence-electron chi connectivity index (χ4n) is 2.28. The molecule has 7 nitrogen and oxygen atoms in total. The van der Waals surface area contributed by atoms with E-state index in [0.717, 1.165) is 32.6 Å². The van der Waals surface area contributed by atoms with Crippen molar-refractivity contribution in [2.75, 3.05) is 31.5 Å². The molecule has 1 atom stereocenters. The minimum Gasteiger partial charge on any atom is -0.369 e. The van der Waals surface area contributed by atoms with Crippen LogP contribution in [0.3, 0.4) is 0 Å². The average molecular weight is 389 g/mol. The molecule has 1 aromatic rings. The number of hydrogen-bond donors (Lipinski definition) is 3. The van der Waals surface area contributed by atoms with E-state index < -0.39 is 4.92 Å². The Morgan fingerprint density at radius 3 is 2.61 bits per heavy atom. The maximum Gasteiger partial charge on any atom is 0.287 e. The first-order valence-electron chi connectivity index (χ1n) is 7.04. The van der Waals surface area contributed by atoms with E-state index in [4.69, 9.17) is 0 Å². The Labute approximate surface area is 154 Å². The van der Waals surface area contributed by atoms with Crippen LogP contribution in [0.25, 0.3) is 0 Å². The van der Waals surface area contributed by atoms with E-state index >= 15 is 0 Å². The van der Waals surface area contributed by atoms with Crippen molar-refractivity contribution in [2.45, 2.75) is 25.3 Å². The molecular formula is C13H24Cl3N5O2. The highest BCUT2D eigenvalue weighted by molar-refractivity contribution is 5.86. The molecule has 0 aromatic carbocycles. The highest BCUT2D eigenvalue weighted by Gasteiger charge is 2.12. The number of hydrogen-bond acceptors (Lipinski definition) is 6. The standard InChI is InChI=1S/C13H21N5O2.3ClH/c19-18(20)12-3-4-13(17-10-12)16-9-8-14-7-5-11-2-1-6-15-11;;;/h3-4,10-11,14-15H,1-2,5-9H2,(H,16,17);3*1H. The Morgan fingerprint density at radius 2 is 2.04 bits per heavy atom. The molecule has 0 spiro atoms. The maximum atomic E-state index is 10.5. The molecule has 0 aliphatic carbocycles. The van der Waals surface area contributed by atoms with E-state index in [2.05, 4.69) is 20.9 Å². The number of rotatable bonds is 8. The number of nitrogens with zero attached hydrogens (tertiary/aromatic N) is 2. The minimum atomic E-state index is -0.449. The summed E-state index contributed by atoms with van der Waals surface area (Å²) in [5, 5.41) is 20.5. The van der Waals surface area contributed by atoms with E-state index in [1.54, 1.807) is 6.07 Å². The van der Waals surface area contributed by atoms with Gasteiger partial charge in [-0.15, -0.1) is 37.2 Å². The molecule has 23 heavy (non-hydrogen) atoms. The summed E-state index contributed by atoms with van der Waals surface area (Å²) in [5.74, 6) is 0.662. The van der Waals surface area contributed by atoms with Gasteiger partial charge in [0.2, 0.25) is 0 Å². The van der Waals surface area contributed by atoms with Gasteiger partial charge in [-0.05, 0) is 38.4 Å². The van der Waals surface area contributed by atoms with Gasteiger partial charge >= 0.3 is 0 Å². The zero-order chi connectivity index (χ0) is 14.2. The third-order valence-corrected chi connectivity index (χ3v) is 3.40. The quantitative estimate of drug-likeness (QED) is 0.360. The Hall–Kier alpha value is -0.860. The summed E-state index contributed by atoms with van der Waals surface area (Å²) < 4.78 is 0. The predicted octanol–water partition coefficient (Wildman–Crippen LogP) is 2.40. The average Bonchev–Trinajstić information content (AvgIpc) is 2.96. The first kappa shape index (κ1) is 24.4. The summed E-state index contributed by atoms with van der Waals surface area (Å²) in [6, 6.07) is 3.75. The third-order valence-electron chi connectivity index (χ3n) is 3.40. The first-order chi connectivity index (χ1) is 9.75. The molecule has 1 aliphatic heterocycles. The fraction of sp³-hybridized carbons (Fsp3) is 0.615. The second kappa shape index (κ2) is 13.6. The molecule has 2 heterocycles. The fourth-order valence-corrected chi connectivity index (χ4v) is 2.28. The molecule has 1 aliphatic rings. The molecule has 0 saturated carbocycles. The zero-order valence-electron chi connectivity index (χ0n) is 12.7. The van der Waals surface area contributed by atoms with Crippen LogP contribution in [0.15, 0.2) is 18.3 Å². The van der Waals surface area contributed by atoms with Crippen LogP contribution in [0.5, 0.6) is 0 Å². The van der Waals surface area contributed by atoms with Gasteiger partial charge < -0.3 is 16.0 Å². The summed E-state index contributed by atoms with van der Waals surface area (Å²) in [5.41, 5.74) is 0.0118. The highest BCUT2D eigenvalue weighted by atomic mass is 35.5. The second-order valence-corrected chi connectivity index (χ2v) is 4.92. The van der Waals surface area contributed by atoms with Crippen molar-refractivity contribution in [3.63, 3.8) is 0 Å². The van der Waals surface area contributed by atoms with Crippen LogP contribution in [0.1, 0.15) is 19.3 Å². The molecule has 134 valence electrons. The van der Waals surface area contributed by atoms with Gasteiger partial charge in [0.15, 0.2) is 0 Å². The van der Waals surface area contributed by atoms with Crippen molar-refractivity contribution < 1.29 is 4.92 Å². The van der Waals surface area contributed by atoms with Crippen LogP contribution >= 0.6 is 37.2 Å². The van der Waals surface area contributed by atoms with E-state index in [-0.39, 0.29) is 42.9 Å². The molecule has 10 heteroatoms. The van der Waals surface area contributed by atoms with Crippen LogP contribution in [0.4, 0.5) is 11.5 Å². The van der Waals surface area contributed by atoms with Gasteiger partial charge in [-0.1, -0.05) is 0 Å². The normalized spacial score (nSPS) is 15.7. The lowest BCUT2D eigenvalue weighted by molar-refractivity contribution is -0.385. The Kier molecular flexibility index (Phi) is 14.4. The maximum absolute atomic E-state index is 10.5. The molecule has 1 unspecified atom stereocenters. The monoisotopic (exact) mass is 387 g/mol. The van der Waals surface area contributed by atoms with Crippen molar-refractivity contribution in [1.82, 2.24) is 15.6 Å².